The van der Waals surface area contributed by atoms with Crippen LogP contribution in [0.3, 0.4) is 0 Å². The molecular formula is C12H18F6O. The second-order valence-corrected chi connectivity index (χ2v) is 5.59. The number of halogens is 6. The lowest BCUT2D eigenvalue weighted by atomic mass is 9.69. The van der Waals surface area contributed by atoms with Gasteiger partial charge in [0.05, 0.1) is 0 Å². The zero-order chi connectivity index (χ0) is 15.1. The summed E-state index contributed by atoms with van der Waals surface area (Å²) in [4.78, 5) is 0. The molecule has 1 rings (SSSR count). The molecule has 19 heavy (non-hydrogen) atoms. The highest BCUT2D eigenvalue weighted by Gasteiger charge is 2.70. The van der Waals surface area contributed by atoms with E-state index in [1.165, 1.54) is 0 Å². The van der Waals surface area contributed by atoms with Crippen molar-refractivity contribution in [2.75, 3.05) is 0 Å². The van der Waals surface area contributed by atoms with Gasteiger partial charge in [-0.05, 0) is 24.2 Å². The Balaban J connectivity index is 2.97. The van der Waals surface area contributed by atoms with Crippen LogP contribution in [-0.2, 0) is 0 Å². The van der Waals surface area contributed by atoms with Crippen LogP contribution >= 0.6 is 0 Å². The molecule has 0 aromatic carbocycles. The van der Waals surface area contributed by atoms with Gasteiger partial charge in [-0.2, -0.15) is 26.3 Å². The summed E-state index contributed by atoms with van der Waals surface area (Å²) in [7, 11) is 0. The van der Waals surface area contributed by atoms with Crippen LogP contribution in [0, 0.1) is 17.8 Å². The standard InChI is InChI=1S/C12H18F6O/c1-7-4-3-5-9(8(7)2)6-10(19,11(13,14)15)12(16,17)18/h7-9,19H,3-6H2,1-2H3. The maximum absolute atomic E-state index is 12.6. The maximum atomic E-state index is 12.6. The Morgan fingerprint density at radius 1 is 0.947 bits per heavy atom. The van der Waals surface area contributed by atoms with Gasteiger partial charge < -0.3 is 5.11 Å². The number of rotatable bonds is 2. The number of hydrogen-bond donors (Lipinski definition) is 1. The van der Waals surface area contributed by atoms with E-state index in [-0.39, 0.29) is 11.8 Å². The summed E-state index contributed by atoms with van der Waals surface area (Å²) in [5.74, 6) is -0.952. The summed E-state index contributed by atoms with van der Waals surface area (Å²) in [6, 6.07) is 0. The fraction of sp³-hybridized carbons (Fsp3) is 1.00. The summed E-state index contributed by atoms with van der Waals surface area (Å²) in [5.41, 5.74) is -4.60. The molecule has 0 saturated heterocycles. The van der Waals surface area contributed by atoms with Crippen LogP contribution in [0.2, 0.25) is 0 Å². The van der Waals surface area contributed by atoms with Crippen LogP contribution in [0.1, 0.15) is 39.5 Å². The van der Waals surface area contributed by atoms with Crippen molar-refractivity contribution in [1.82, 2.24) is 0 Å². The first kappa shape index (κ1) is 16.6. The molecule has 1 nitrogen and oxygen atoms in total. The molecule has 0 aromatic rings. The van der Waals surface area contributed by atoms with E-state index in [0.717, 1.165) is 6.42 Å². The van der Waals surface area contributed by atoms with Gasteiger partial charge in [0, 0.05) is 0 Å². The number of aliphatic hydroxyl groups is 1. The maximum Gasteiger partial charge on any atom is 0.426 e. The van der Waals surface area contributed by atoms with Gasteiger partial charge in [0.2, 0.25) is 0 Å². The van der Waals surface area contributed by atoms with Gasteiger partial charge in [-0.25, -0.2) is 0 Å². The fourth-order valence-electron chi connectivity index (χ4n) is 2.75. The summed E-state index contributed by atoms with van der Waals surface area (Å²) in [5, 5.41) is 9.19. The molecule has 1 N–H and O–H groups in total. The van der Waals surface area contributed by atoms with E-state index >= 15 is 0 Å². The quantitative estimate of drug-likeness (QED) is 0.752. The van der Waals surface area contributed by atoms with Crippen molar-refractivity contribution in [1.29, 1.82) is 0 Å². The molecular weight excluding hydrogens is 274 g/mol. The van der Waals surface area contributed by atoms with Crippen LogP contribution in [0.25, 0.3) is 0 Å². The van der Waals surface area contributed by atoms with Gasteiger partial charge in [0.15, 0.2) is 0 Å². The van der Waals surface area contributed by atoms with E-state index in [2.05, 4.69) is 0 Å². The highest BCUT2D eigenvalue weighted by molar-refractivity contribution is 4.97. The van der Waals surface area contributed by atoms with Crippen molar-refractivity contribution < 1.29 is 31.4 Å². The third kappa shape index (κ3) is 3.17. The van der Waals surface area contributed by atoms with Crippen LogP contribution in [0.15, 0.2) is 0 Å². The van der Waals surface area contributed by atoms with Gasteiger partial charge in [0.25, 0.3) is 5.60 Å². The highest BCUT2D eigenvalue weighted by atomic mass is 19.4. The van der Waals surface area contributed by atoms with E-state index < -0.39 is 30.3 Å². The van der Waals surface area contributed by atoms with E-state index in [1.54, 1.807) is 6.92 Å². The van der Waals surface area contributed by atoms with E-state index in [1.807, 2.05) is 6.92 Å². The Bertz CT molecular complexity index is 294. The lowest BCUT2D eigenvalue weighted by molar-refractivity contribution is -0.374. The molecule has 1 aliphatic rings. The molecule has 114 valence electrons. The van der Waals surface area contributed by atoms with Gasteiger partial charge in [-0.15, -0.1) is 0 Å². The third-order valence-electron chi connectivity index (χ3n) is 4.37. The molecule has 0 aliphatic heterocycles. The van der Waals surface area contributed by atoms with Crippen molar-refractivity contribution in [2.24, 2.45) is 17.8 Å². The van der Waals surface area contributed by atoms with Crippen molar-refractivity contribution in [3.05, 3.63) is 0 Å². The summed E-state index contributed by atoms with van der Waals surface area (Å²) in [6.07, 6.45) is -11.0. The van der Waals surface area contributed by atoms with E-state index in [4.69, 9.17) is 0 Å². The van der Waals surface area contributed by atoms with Crippen molar-refractivity contribution in [2.45, 2.75) is 57.5 Å². The predicted octanol–water partition coefficient (Wildman–Crippen LogP) is 4.30. The molecule has 3 unspecified atom stereocenters. The molecule has 1 saturated carbocycles. The molecule has 0 bridgehead atoms. The lowest BCUT2D eigenvalue weighted by Gasteiger charge is -2.40. The highest BCUT2D eigenvalue weighted by Crippen LogP contribution is 2.50. The Hall–Kier alpha value is -0.460. The third-order valence-corrected chi connectivity index (χ3v) is 4.37. The smallest absolute Gasteiger partial charge is 0.374 e. The van der Waals surface area contributed by atoms with Crippen LogP contribution < -0.4 is 0 Å². The second-order valence-electron chi connectivity index (χ2n) is 5.59. The largest absolute Gasteiger partial charge is 0.426 e. The molecule has 0 heterocycles. The number of alkyl halides is 6. The van der Waals surface area contributed by atoms with Gasteiger partial charge in [-0.1, -0.05) is 33.1 Å². The van der Waals surface area contributed by atoms with E-state index in [9.17, 15) is 31.4 Å². The Labute approximate surface area is 108 Å². The fourth-order valence-corrected chi connectivity index (χ4v) is 2.75. The molecule has 0 aromatic heterocycles. The lowest BCUT2D eigenvalue weighted by Crippen LogP contribution is -2.58. The monoisotopic (exact) mass is 292 g/mol. The zero-order valence-corrected chi connectivity index (χ0v) is 10.8. The molecule has 1 fully saturated rings. The van der Waals surface area contributed by atoms with Gasteiger partial charge >= 0.3 is 12.4 Å². The van der Waals surface area contributed by atoms with Crippen LogP contribution in [0.5, 0.6) is 0 Å². The Kier molecular flexibility index (Phi) is 4.49. The van der Waals surface area contributed by atoms with Crippen molar-refractivity contribution >= 4 is 0 Å². The molecule has 7 heteroatoms. The SMILES string of the molecule is CC1CCCC(CC(O)(C(F)(F)F)C(F)(F)F)C1C. The minimum absolute atomic E-state index is 0.0736. The van der Waals surface area contributed by atoms with Crippen molar-refractivity contribution in [3.63, 3.8) is 0 Å². The predicted molar refractivity (Wildman–Crippen MR) is 57.3 cm³/mol. The summed E-state index contributed by atoms with van der Waals surface area (Å²) >= 11 is 0. The minimum Gasteiger partial charge on any atom is -0.374 e. The molecule has 1 aliphatic carbocycles. The van der Waals surface area contributed by atoms with Crippen LogP contribution in [-0.4, -0.2) is 23.1 Å². The molecule has 0 radical (unpaired) electrons. The second kappa shape index (κ2) is 5.14. The van der Waals surface area contributed by atoms with E-state index in [0.29, 0.717) is 12.8 Å². The first-order chi connectivity index (χ1) is 8.40. The molecule has 0 amide bonds. The van der Waals surface area contributed by atoms with Crippen LogP contribution in [0.4, 0.5) is 26.3 Å². The average molecular weight is 292 g/mol. The van der Waals surface area contributed by atoms with Gasteiger partial charge in [0.1, 0.15) is 0 Å². The normalized spacial score (nSPS) is 30.5. The summed E-state index contributed by atoms with van der Waals surface area (Å²) in [6.45, 7) is 3.47. The zero-order valence-electron chi connectivity index (χ0n) is 10.8. The topological polar surface area (TPSA) is 20.2 Å². The average Bonchev–Trinajstić information content (AvgIpc) is 2.21. The van der Waals surface area contributed by atoms with Gasteiger partial charge in [-0.3, -0.25) is 0 Å². The number of hydrogen-bond acceptors (Lipinski definition) is 1. The molecule has 0 spiro atoms. The Morgan fingerprint density at radius 2 is 1.42 bits per heavy atom. The summed E-state index contributed by atoms with van der Waals surface area (Å²) < 4.78 is 75.7. The molecule has 3 atom stereocenters. The first-order valence-electron chi connectivity index (χ1n) is 6.26. The Morgan fingerprint density at radius 3 is 1.84 bits per heavy atom. The minimum atomic E-state index is -5.70. The van der Waals surface area contributed by atoms with Crippen molar-refractivity contribution in [3.8, 4) is 0 Å². The first-order valence-corrected chi connectivity index (χ1v) is 6.26.